The number of carbonyl (C=O) groups is 1. The summed E-state index contributed by atoms with van der Waals surface area (Å²) in [6.45, 7) is 5.73. The highest BCUT2D eigenvalue weighted by Gasteiger charge is 2.24. The van der Waals surface area contributed by atoms with Crippen LogP contribution in [0.4, 0.5) is 0 Å². The Labute approximate surface area is 173 Å². The summed E-state index contributed by atoms with van der Waals surface area (Å²) < 4.78 is 2.27. The number of hydrogen-bond acceptors (Lipinski definition) is 2. The first kappa shape index (κ1) is 19.4. The summed E-state index contributed by atoms with van der Waals surface area (Å²) in [6.07, 6.45) is 5.19. The van der Waals surface area contributed by atoms with Crippen LogP contribution in [0.2, 0.25) is 0 Å². The third-order valence-electron chi connectivity index (χ3n) is 5.67. The lowest BCUT2D eigenvalue weighted by atomic mass is 10.1. The minimum absolute atomic E-state index is 0.0540. The molecule has 0 bridgehead atoms. The van der Waals surface area contributed by atoms with Crippen LogP contribution in [0.1, 0.15) is 52.1 Å². The summed E-state index contributed by atoms with van der Waals surface area (Å²) in [5, 5.41) is 3.10. The number of nitrogens with zero attached hydrogens (tertiary/aromatic N) is 2. The van der Waals surface area contributed by atoms with E-state index in [2.05, 4.69) is 72.3 Å². The predicted molar refractivity (Wildman–Crippen MR) is 117 cm³/mol. The Balaban J connectivity index is 1.56. The fraction of sp³-hybridized carbons (Fsp3) is 0.360. The molecule has 1 aliphatic heterocycles. The zero-order valence-electron chi connectivity index (χ0n) is 17.4. The summed E-state index contributed by atoms with van der Waals surface area (Å²) >= 11 is 0. The van der Waals surface area contributed by atoms with Gasteiger partial charge in [0.1, 0.15) is 11.5 Å². The summed E-state index contributed by atoms with van der Waals surface area (Å²) in [5.41, 5.74) is 6.49. The van der Waals surface area contributed by atoms with Crippen molar-refractivity contribution in [3.05, 3.63) is 76.6 Å². The number of benzene rings is 2. The third-order valence-corrected chi connectivity index (χ3v) is 5.67. The summed E-state index contributed by atoms with van der Waals surface area (Å²) in [4.78, 5) is 17.8. The molecule has 4 nitrogen and oxygen atoms in total. The molecule has 150 valence electrons. The average Bonchev–Trinajstić information content (AvgIpc) is 2.90. The van der Waals surface area contributed by atoms with E-state index in [0.29, 0.717) is 12.2 Å². The molecule has 1 amide bonds. The number of hydrogen-bond donors (Lipinski definition) is 1. The highest BCUT2D eigenvalue weighted by Crippen LogP contribution is 2.27. The molecule has 4 rings (SSSR count). The van der Waals surface area contributed by atoms with Crippen molar-refractivity contribution < 1.29 is 4.79 Å². The van der Waals surface area contributed by atoms with Crippen LogP contribution in [-0.2, 0) is 19.4 Å². The average molecular weight is 388 g/mol. The molecular weight excluding hydrogens is 358 g/mol. The number of rotatable bonds is 5. The van der Waals surface area contributed by atoms with Crippen LogP contribution < -0.4 is 5.32 Å². The fourth-order valence-electron chi connectivity index (χ4n) is 4.10. The monoisotopic (exact) mass is 387 g/mol. The first-order chi connectivity index (χ1) is 14.1. The van der Waals surface area contributed by atoms with E-state index in [-0.39, 0.29) is 5.91 Å². The first-order valence-electron chi connectivity index (χ1n) is 10.6. The largest absolute Gasteiger partial charge is 0.350 e. The molecule has 0 spiro atoms. The molecule has 3 aromatic rings. The van der Waals surface area contributed by atoms with Gasteiger partial charge in [-0.2, -0.15) is 0 Å². The fourth-order valence-corrected chi connectivity index (χ4v) is 4.10. The number of carbonyl (C=O) groups excluding carboxylic acids is 1. The van der Waals surface area contributed by atoms with Gasteiger partial charge in [-0.25, -0.2) is 4.98 Å². The second-order valence-electron chi connectivity index (χ2n) is 8.05. The van der Waals surface area contributed by atoms with E-state index in [4.69, 9.17) is 4.98 Å². The minimum Gasteiger partial charge on any atom is -0.350 e. The van der Waals surface area contributed by atoms with Crippen LogP contribution in [-0.4, -0.2) is 22.0 Å². The number of fused-ring (bicyclic) bond motifs is 1. The normalized spacial score (nSPS) is 13.6. The second-order valence-corrected chi connectivity index (χ2v) is 8.05. The Bertz CT molecular complexity index is 1000. The van der Waals surface area contributed by atoms with E-state index < -0.39 is 0 Å². The van der Waals surface area contributed by atoms with E-state index >= 15 is 0 Å². The molecule has 1 aromatic heterocycles. The molecule has 0 radical (unpaired) electrons. The van der Waals surface area contributed by atoms with Gasteiger partial charge in [-0.1, -0.05) is 66.1 Å². The van der Waals surface area contributed by atoms with Gasteiger partial charge in [0.2, 0.25) is 0 Å². The Morgan fingerprint density at radius 1 is 1.03 bits per heavy atom. The van der Waals surface area contributed by atoms with Crippen molar-refractivity contribution in [1.29, 1.82) is 0 Å². The molecule has 0 atom stereocenters. The molecular formula is C25H29N3O. The van der Waals surface area contributed by atoms with Gasteiger partial charge in [0, 0.05) is 18.7 Å². The minimum atomic E-state index is -0.0540. The zero-order chi connectivity index (χ0) is 20.2. The van der Waals surface area contributed by atoms with Crippen molar-refractivity contribution in [2.24, 2.45) is 0 Å². The van der Waals surface area contributed by atoms with E-state index in [1.165, 1.54) is 23.1 Å². The molecule has 0 saturated heterocycles. The Morgan fingerprint density at radius 3 is 2.66 bits per heavy atom. The molecule has 0 fully saturated rings. The van der Waals surface area contributed by atoms with Gasteiger partial charge in [-0.3, -0.25) is 4.79 Å². The molecule has 0 saturated carbocycles. The molecule has 1 N–H and O–H groups in total. The van der Waals surface area contributed by atoms with Gasteiger partial charge >= 0.3 is 0 Å². The van der Waals surface area contributed by atoms with Crippen LogP contribution in [0.25, 0.3) is 11.4 Å². The van der Waals surface area contributed by atoms with Crippen LogP contribution in [0.3, 0.4) is 0 Å². The highest BCUT2D eigenvalue weighted by atomic mass is 16.1. The van der Waals surface area contributed by atoms with Gasteiger partial charge in [0.15, 0.2) is 0 Å². The van der Waals surface area contributed by atoms with Gasteiger partial charge in [0.25, 0.3) is 5.91 Å². The SMILES string of the molecule is Cc1ccc(-c2nc(C(=O)NCCc3cccc(C)c3)c3n2CCCCC3)cc1. The number of imidazole rings is 1. The second kappa shape index (κ2) is 8.64. The van der Waals surface area contributed by atoms with Gasteiger partial charge < -0.3 is 9.88 Å². The predicted octanol–water partition coefficient (Wildman–Crippen LogP) is 4.87. The molecule has 0 aliphatic carbocycles. The highest BCUT2D eigenvalue weighted by molar-refractivity contribution is 5.94. The van der Waals surface area contributed by atoms with Crippen molar-refractivity contribution in [3.8, 4) is 11.4 Å². The molecule has 2 aromatic carbocycles. The van der Waals surface area contributed by atoms with E-state index in [1.54, 1.807) is 0 Å². The Hall–Kier alpha value is -2.88. The number of aryl methyl sites for hydroxylation is 2. The maximum absolute atomic E-state index is 13.0. The van der Waals surface area contributed by atoms with Crippen LogP contribution >= 0.6 is 0 Å². The van der Waals surface area contributed by atoms with Crippen LogP contribution in [0.5, 0.6) is 0 Å². The van der Waals surface area contributed by atoms with Gasteiger partial charge in [0.05, 0.1) is 5.69 Å². The lowest BCUT2D eigenvalue weighted by molar-refractivity contribution is 0.0948. The standard InChI is InChI=1S/C25H29N3O/c1-18-10-12-21(13-11-18)24-27-23(22-9-4-3-5-16-28(22)24)25(29)26-15-14-20-8-6-7-19(2)17-20/h6-8,10-13,17H,3-5,9,14-16H2,1-2H3,(H,26,29). The van der Waals surface area contributed by atoms with Crippen LogP contribution in [0.15, 0.2) is 48.5 Å². The van der Waals surface area contributed by atoms with Gasteiger partial charge in [-0.05, 0) is 45.1 Å². The lowest BCUT2D eigenvalue weighted by Gasteiger charge is -2.09. The maximum atomic E-state index is 13.0. The topological polar surface area (TPSA) is 46.9 Å². The maximum Gasteiger partial charge on any atom is 0.271 e. The summed E-state index contributed by atoms with van der Waals surface area (Å²) in [6, 6.07) is 16.9. The Morgan fingerprint density at radius 2 is 1.86 bits per heavy atom. The smallest absolute Gasteiger partial charge is 0.271 e. The summed E-state index contributed by atoms with van der Waals surface area (Å²) in [7, 11) is 0. The van der Waals surface area contributed by atoms with Crippen molar-refractivity contribution in [1.82, 2.24) is 14.9 Å². The number of nitrogens with one attached hydrogen (secondary N) is 1. The number of amides is 1. The molecule has 1 aliphatic rings. The zero-order valence-corrected chi connectivity index (χ0v) is 17.4. The third kappa shape index (κ3) is 4.42. The molecule has 29 heavy (non-hydrogen) atoms. The van der Waals surface area contributed by atoms with E-state index in [9.17, 15) is 4.79 Å². The van der Waals surface area contributed by atoms with Crippen LogP contribution in [0, 0.1) is 13.8 Å². The van der Waals surface area contributed by atoms with Crippen molar-refractivity contribution in [2.75, 3.05) is 6.54 Å². The van der Waals surface area contributed by atoms with Crippen molar-refractivity contribution in [2.45, 2.75) is 52.5 Å². The number of aromatic nitrogens is 2. The first-order valence-corrected chi connectivity index (χ1v) is 10.6. The summed E-state index contributed by atoms with van der Waals surface area (Å²) in [5.74, 6) is 0.868. The Kier molecular flexibility index (Phi) is 5.79. The van der Waals surface area contributed by atoms with Crippen molar-refractivity contribution >= 4 is 5.91 Å². The molecule has 4 heteroatoms. The quantitative estimate of drug-likeness (QED) is 0.679. The van der Waals surface area contributed by atoms with Gasteiger partial charge in [-0.15, -0.1) is 0 Å². The van der Waals surface area contributed by atoms with Crippen molar-refractivity contribution in [3.63, 3.8) is 0 Å². The molecule has 0 unspecified atom stereocenters. The van der Waals surface area contributed by atoms with E-state index in [1.807, 2.05) is 0 Å². The van der Waals surface area contributed by atoms with E-state index in [0.717, 1.165) is 49.3 Å². The lowest BCUT2D eigenvalue weighted by Crippen LogP contribution is -2.27. The molecule has 2 heterocycles.